The van der Waals surface area contributed by atoms with Crippen LogP contribution < -0.4 is 9.47 Å². The molecule has 22 heavy (non-hydrogen) atoms. The van der Waals surface area contributed by atoms with Crippen molar-refractivity contribution in [3.8, 4) is 11.5 Å². The number of methoxy groups -OCH3 is 1. The van der Waals surface area contributed by atoms with E-state index < -0.39 is 5.97 Å². The third kappa shape index (κ3) is 4.65. The van der Waals surface area contributed by atoms with E-state index in [0.29, 0.717) is 17.1 Å². The number of carboxylic acids is 1. The molecule has 0 bridgehead atoms. The Labute approximate surface area is 130 Å². The quantitative estimate of drug-likeness (QED) is 0.837. The molecule has 0 fully saturated rings. The molecule has 0 saturated heterocycles. The predicted molar refractivity (Wildman–Crippen MR) is 82.6 cm³/mol. The fourth-order valence-electron chi connectivity index (χ4n) is 1.95. The lowest BCUT2D eigenvalue weighted by Gasteiger charge is -2.25. The van der Waals surface area contributed by atoms with Crippen LogP contribution in [0, 0.1) is 0 Å². The average molecular weight is 309 g/mol. The lowest BCUT2D eigenvalue weighted by atomic mass is 10.1. The van der Waals surface area contributed by atoms with E-state index in [9.17, 15) is 9.59 Å². The van der Waals surface area contributed by atoms with Crippen LogP contribution in [0.1, 0.15) is 38.1 Å². The van der Waals surface area contributed by atoms with Crippen LogP contribution in [0.2, 0.25) is 0 Å². The number of ether oxygens (including phenoxy) is 2. The molecule has 0 spiro atoms. The third-order valence-electron chi connectivity index (χ3n) is 2.96. The summed E-state index contributed by atoms with van der Waals surface area (Å²) in [5.74, 6) is -0.414. The van der Waals surface area contributed by atoms with Crippen LogP contribution >= 0.6 is 0 Å². The van der Waals surface area contributed by atoms with Crippen molar-refractivity contribution >= 4 is 11.9 Å². The molecule has 1 aromatic rings. The van der Waals surface area contributed by atoms with Crippen LogP contribution in [0.4, 0.5) is 0 Å². The maximum atomic E-state index is 12.5. The highest BCUT2D eigenvalue weighted by Gasteiger charge is 2.22. The molecule has 6 heteroatoms. The molecule has 1 amide bonds. The standard InChI is InChI=1S/C16H23NO5/c1-10(2)17(9-15(18)19)16(20)12-6-7-13(22-11(3)4)14(8-12)21-5/h6-8,10-11H,9H2,1-5H3,(H,18,19). The van der Waals surface area contributed by atoms with Gasteiger partial charge in [-0.3, -0.25) is 9.59 Å². The highest BCUT2D eigenvalue weighted by molar-refractivity contribution is 5.96. The zero-order chi connectivity index (χ0) is 16.9. The van der Waals surface area contributed by atoms with E-state index in [4.69, 9.17) is 14.6 Å². The van der Waals surface area contributed by atoms with Gasteiger partial charge in [-0.15, -0.1) is 0 Å². The maximum Gasteiger partial charge on any atom is 0.323 e. The van der Waals surface area contributed by atoms with Crippen molar-refractivity contribution in [2.24, 2.45) is 0 Å². The first-order valence-corrected chi connectivity index (χ1v) is 7.13. The fourth-order valence-corrected chi connectivity index (χ4v) is 1.95. The lowest BCUT2D eigenvalue weighted by molar-refractivity contribution is -0.138. The van der Waals surface area contributed by atoms with Gasteiger partial charge in [-0.25, -0.2) is 0 Å². The number of carboxylic acid groups (broad SMARTS) is 1. The SMILES string of the molecule is COc1cc(C(=O)N(CC(=O)O)C(C)C)ccc1OC(C)C. The summed E-state index contributed by atoms with van der Waals surface area (Å²) in [6.45, 7) is 6.99. The first-order valence-electron chi connectivity index (χ1n) is 7.13. The van der Waals surface area contributed by atoms with Crippen LogP contribution in [0.15, 0.2) is 18.2 Å². The molecule has 1 rings (SSSR count). The lowest BCUT2D eigenvalue weighted by Crippen LogP contribution is -2.40. The van der Waals surface area contributed by atoms with E-state index in [2.05, 4.69) is 0 Å². The number of amides is 1. The largest absolute Gasteiger partial charge is 0.493 e. The molecule has 0 aliphatic heterocycles. The van der Waals surface area contributed by atoms with Crippen LogP contribution in [0.5, 0.6) is 11.5 Å². The van der Waals surface area contributed by atoms with Gasteiger partial charge in [-0.2, -0.15) is 0 Å². The molecular formula is C16H23NO5. The third-order valence-corrected chi connectivity index (χ3v) is 2.96. The van der Waals surface area contributed by atoms with Gasteiger partial charge in [-0.1, -0.05) is 0 Å². The highest BCUT2D eigenvalue weighted by Crippen LogP contribution is 2.29. The number of carbonyl (C=O) groups excluding carboxylic acids is 1. The minimum absolute atomic E-state index is 0.0189. The summed E-state index contributed by atoms with van der Waals surface area (Å²) >= 11 is 0. The zero-order valence-corrected chi connectivity index (χ0v) is 13.6. The molecule has 0 atom stereocenters. The Morgan fingerprint density at radius 1 is 1.18 bits per heavy atom. The molecule has 0 unspecified atom stereocenters. The normalized spacial score (nSPS) is 10.7. The Bertz CT molecular complexity index is 539. The Hall–Kier alpha value is -2.24. The van der Waals surface area contributed by atoms with Crippen LogP contribution in [0.25, 0.3) is 0 Å². The van der Waals surface area contributed by atoms with Crippen LogP contribution in [-0.2, 0) is 4.79 Å². The number of hydrogen-bond donors (Lipinski definition) is 1. The predicted octanol–water partition coefficient (Wildman–Crippen LogP) is 2.42. The molecule has 122 valence electrons. The number of hydrogen-bond acceptors (Lipinski definition) is 4. The molecule has 0 aliphatic carbocycles. The van der Waals surface area contributed by atoms with E-state index in [1.165, 1.54) is 12.0 Å². The maximum absolute atomic E-state index is 12.5. The van der Waals surface area contributed by atoms with Crippen molar-refractivity contribution in [1.29, 1.82) is 0 Å². The zero-order valence-electron chi connectivity index (χ0n) is 13.6. The van der Waals surface area contributed by atoms with Gasteiger partial charge in [0.15, 0.2) is 11.5 Å². The molecule has 0 aliphatic rings. The summed E-state index contributed by atoms with van der Waals surface area (Å²) in [6.07, 6.45) is -0.0189. The molecule has 0 aromatic heterocycles. The van der Waals surface area contributed by atoms with Crippen LogP contribution in [0.3, 0.4) is 0 Å². The van der Waals surface area contributed by atoms with E-state index >= 15 is 0 Å². The van der Waals surface area contributed by atoms with Gasteiger partial charge in [0.1, 0.15) is 6.54 Å². The number of aliphatic carboxylic acids is 1. The van der Waals surface area contributed by atoms with Crippen molar-refractivity contribution in [2.45, 2.75) is 39.8 Å². The van der Waals surface area contributed by atoms with Gasteiger partial charge < -0.3 is 19.5 Å². The topological polar surface area (TPSA) is 76.1 Å². The van der Waals surface area contributed by atoms with E-state index in [1.807, 2.05) is 13.8 Å². The smallest absolute Gasteiger partial charge is 0.323 e. The average Bonchev–Trinajstić information content (AvgIpc) is 2.43. The number of rotatable bonds is 7. The van der Waals surface area contributed by atoms with Crippen molar-refractivity contribution in [2.75, 3.05) is 13.7 Å². The summed E-state index contributed by atoms with van der Waals surface area (Å²) in [5, 5.41) is 8.93. The minimum atomic E-state index is -1.05. The van der Waals surface area contributed by atoms with E-state index in [0.717, 1.165) is 0 Å². The summed E-state index contributed by atoms with van der Waals surface area (Å²) in [5.41, 5.74) is 0.364. The minimum Gasteiger partial charge on any atom is -0.493 e. The summed E-state index contributed by atoms with van der Waals surface area (Å²) in [7, 11) is 1.49. The van der Waals surface area contributed by atoms with Crippen molar-refractivity contribution in [1.82, 2.24) is 4.90 Å². The second kappa shape index (κ2) is 7.68. The summed E-state index contributed by atoms with van der Waals surface area (Å²) in [6, 6.07) is 4.61. The van der Waals surface area contributed by atoms with Gasteiger partial charge >= 0.3 is 5.97 Å². The van der Waals surface area contributed by atoms with Crippen molar-refractivity contribution < 1.29 is 24.2 Å². The molecule has 1 N–H and O–H groups in total. The second-order valence-electron chi connectivity index (χ2n) is 5.45. The molecule has 0 heterocycles. The van der Waals surface area contributed by atoms with Crippen LogP contribution in [-0.4, -0.2) is 47.7 Å². The fraction of sp³-hybridized carbons (Fsp3) is 0.500. The Kier molecular flexibility index (Phi) is 6.22. The van der Waals surface area contributed by atoms with Gasteiger partial charge in [0.05, 0.1) is 13.2 Å². The Morgan fingerprint density at radius 2 is 1.82 bits per heavy atom. The number of nitrogens with zero attached hydrogens (tertiary/aromatic N) is 1. The molecule has 6 nitrogen and oxygen atoms in total. The summed E-state index contributed by atoms with van der Waals surface area (Å²) < 4.78 is 10.8. The first-order chi connectivity index (χ1) is 10.3. The van der Waals surface area contributed by atoms with Crippen molar-refractivity contribution in [3.63, 3.8) is 0 Å². The van der Waals surface area contributed by atoms with Gasteiger partial charge in [0, 0.05) is 11.6 Å². The van der Waals surface area contributed by atoms with Gasteiger partial charge in [0.25, 0.3) is 5.91 Å². The van der Waals surface area contributed by atoms with E-state index in [-0.39, 0.29) is 24.6 Å². The second-order valence-corrected chi connectivity index (χ2v) is 5.45. The first kappa shape index (κ1) is 17.8. The molecular weight excluding hydrogens is 286 g/mol. The highest BCUT2D eigenvalue weighted by atomic mass is 16.5. The van der Waals surface area contributed by atoms with E-state index in [1.54, 1.807) is 32.0 Å². The molecule has 0 radical (unpaired) electrons. The Morgan fingerprint density at radius 3 is 2.27 bits per heavy atom. The monoisotopic (exact) mass is 309 g/mol. The molecule has 1 aromatic carbocycles. The van der Waals surface area contributed by atoms with Gasteiger partial charge in [-0.05, 0) is 45.9 Å². The van der Waals surface area contributed by atoms with Crippen molar-refractivity contribution in [3.05, 3.63) is 23.8 Å². The summed E-state index contributed by atoms with van der Waals surface area (Å²) in [4.78, 5) is 24.7. The molecule has 0 saturated carbocycles. The Balaban J connectivity index is 3.09. The number of carbonyl (C=O) groups is 2. The number of benzene rings is 1. The van der Waals surface area contributed by atoms with Gasteiger partial charge in [0.2, 0.25) is 0 Å².